The molecule has 0 bridgehead atoms. The number of esters is 1. The first-order valence-corrected chi connectivity index (χ1v) is 11.7. The number of carbonyl (C=O) groups excluding carboxylic acids is 4. The van der Waals surface area contributed by atoms with Gasteiger partial charge in [0, 0.05) is 0 Å². The molecule has 0 saturated heterocycles. The molecule has 35 heavy (non-hydrogen) atoms. The minimum Gasteiger partial charge on any atom is -0.508 e. The zero-order valence-electron chi connectivity index (χ0n) is 20.6. The number of amides is 3. The van der Waals surface area contributed by atoms with E-state index in [9.17, 15) is 24.3 Å². The third kappa shape index (κ3) is 8.29. The largest absolute Gasteiger partial charge is 0.508 e. The van der Waals surface area contributed by atoms with E-state index in [-0.39, 0.29) is 29.1 Å². The molecule has 0 aliphatic heterocycles. The van der Waals surface area contributed by atoms with E-state index in [1.54, 1.807) is 58.9 Å². The molecular formula is C24H31N3O7S. The second-order valence-electron chi connectivity index (χ2n) is 8.84. The Kier molecular flexibility index (Phi) is 9.24. The summed E-state index contributed by atoms with van der Waals surface area (Å²) in [7, 11) is 1.17. The van der Waals surface area contributed by atoms with Gasteiger partial charge in [-0.2, -0.15) is 0 Å². The van der Waals surface area contributed by atoms with Crippen LogP contribution >= 0.6 is 11.3 Å². The third-order valence-electron chi connectivity index (χ3n) is 4.71. The molecule has 190 valence electrons. The lowest BCUT2D eigenvalue weighted by Crippen LogP contribution is -2.49. The first-order valence-electron chi connectivity index (χ1n) is 10.9. The molecule has 2 aromatic rings. The van der Waals surface area contributed by atoms with Gasteiger partial charge in [0.2, 0.25) is 0 Å². The topological polar surface area (TPSA) is 143 Å². The molecule has 0 aliphatic carbocycles. The fourth-order valence-corrected chi connectivity index (χ4v) is 4.00. The second kappa shape index (κ2) is 11.7. The minimum atomic E-state index is -1.16. The predicted octanol–water partition coefficient (Wildman–Crippen LogP) is 3.05. The highest BCUT2D eigenvalue weighted by Gasteiger charge is 2.27. The Bertz CT molecular complexity index is 1090. The number of alkyl carbamates (subject to hydrolysis) is 1. The molecule has 1 unspecified atom stereocenters. The maximum atomic E-state index is 12.9. The zero-order chi connectivity index (χ0) is 26.3. The molecule has 4 N–H and O–H groups in total. The van der Waals surface area contributed by atoms with Crippen molar-refractivity contribution in [2.45, 2.75) is 52.3 Å². The Morgan fingerprint density at radius 3 is 2.37 bits per heavy atom. The molecule has 10 nitrogen and oxygen atoms in total. The number of benzene rings is 1. The summed E-state index contributed by atoms with van der Waals surface area (Å²) >= 11 is 0.972. The molecular weight excluding hydrogens is 474 g/mol. The highest BCUT2D eigenvalue weighted by molar-refractivity contribution is 7.16. The number of phenols is 1. The molecule has 1 aromatic heterocycles. The van der Waals surface area contributed by atoms with E-state index in [2.05, 4.69) is 16.0 Å². The Morgan fingerprint density at radius 2 is 1.77 bits per heavy atom. The number of carbonyl (C=O) groups is 4. The van der Waals surface area contributed by atoms with Crippen LogP contribution in [0.4, 0.5) is 4.79 Å². The van der Waals surface area contributed by atoms with Crippen LogP contribution in [0.25, 0.3) is 0 Å². The summed E-state index contributed by atoms with van der Waals surface area (Å²) in [5, 5.41) is 17.4. The number of phenolic OH excluding ortho intramolecular Hbond substituents is 1. The Balaban J connectivity index is 2.07. The van der Waals surface area contributed by atoms with Crippen molar-refractivity contribution < 1.29 is 33.8 Å². The molecule has 1 aromatic carbocycles. The number of ether oxygens (including phenoxy) is 2. The summed E-state index contributed by atoms with van der Waals surface area (Å²) < 4.78 is 9.86. The number of rotatable bonds is 8. The Morgan fingerprint density at radius 1 is 1.09 bits per heavy atom. The van der Waals surface area contributed by atoms with Crippen molar-refractivity contribution in [3.8, 4) is 5.75 Å². The van der Waals surface area contributed by atoms with Crippen LogP contribution in [0, 0.1) is 6.92 Å². The summed E-state index contributed by atoms with van der Waals surface area (Å²) in [6.07, 6.45) is -0.743. The van der Waals surface area contributed by atoms with E-state index in [1.807, 2.05) is 0 Å². The van der Waals surface area contributed by atoms with Crippen molar-refractivity contribution in [1.29, 1.82) is 0 Å². The molecule has 0 aliphatic rings. The maximum Gasteiger partial charge on any atom is 0.407 e. The quantitative estimate of drug-likeness (QED) is 0.404. The highest BCUT2D eigenvalue weighted by Crippen LogP contribution is 2.24. The Labute approximate surface area is 208 Å². The predicted molar refractivity (Wildman–Crippen MR) is 131 cm³/mol. The van der Waals surface area contributed by atoms with Crippen LogP contribution in [0.1, 0.15) is 64.2 Å². The van der Waals surface area contributed by atoms with Crippen LogP contribution in [-0.4, -0.2) is 54.3 Å². The van der Waals surface area contributed by atoms with E-state index in [0.717, 1.165) is 16.9 Å². The average Bonchev–Trinajstić information content (AvgIpc) is 3.16. The van der Waals surface area contributed by atoms with Crippen LogP contribution < -0.4 is 16.0 Å². The molecule has 0 fully saturated rings. The fourth-order valence-electron chi connectivity index (χ4n) is 3.02. The third-order valence-corrected chi connectivity index (χ3v) is 5.94. The van der Waals surface area contributed by atoms with Crippen molar-refractivity contribution in [3.63, 3.8) is 0 Å². The minimum absolute atomic E-state index is 0.0934. The summed E-state index contributed by atoms with van der Waals surface area (Å²) in [4.78, 5) is 50.2. The summed E-state index contributed by atoms with van der Waals surface area (Å²) in [6, 6.07) is 6.59. The van der Waals surface area contributed by atoms with Crippen LogP contribution in [-0.2, 0) is 14.3 Å². The van der Waals surface area contributed by atoms with Gasteiger partial charge in [-0.15, -0.1) is 11.3 Å². The number of hydrogen-bond donors (Lipinski definition) is 4. The molecule has 0 radical (unpaired) electrons. The van der Waals surface area contributed by atoms with Gasteiger partial charge in [0.05, 0.1) is 29.5 Å². The number of hydrogen-bond acceptors (Lipinski definition) is 8. The van der Waals surface area contributed by atoms with Gasteiger partial charge in [-0.3, -0.25) is 9.59 Å². The summed E-state index contributed by atoms with van der Waals surface area (Å²) in [5.74, 6) is -1.63. The average molecular weight is 506 g/mol. The normalized spacial score (nSPS) is 12.7. The van der Waals surface area contributed by atoms with Crippen molar-refractivity contribution in [1.82, 2.24) is 16.0 Å². The smallest absolute Gasteiger partial charge is 0.407 e. The van der Waals surface area contributed by atoms with Crippen LogP contribution in [0.3, 0.4) is 0 Å². The van der Waals surface area contributed by atoms with E-state index in [1.165, 1.54) is 13.2 Å². The van der Waals surface area contributed by atoms with E-state index in [0.29, 0.717) is 10.4 Å². The molecule has 0 spiro atoms. The molecule has 3 amide bonds. The summed E-state index contributed by atoms with van der Waals surface area (Å²) in [6.45, 7) is 8.30. The molecule has 1 heterocycles. The number of thiophene rings is 1. The van der Waals surface area contributed by atoms with Gasteiger partial charge in [0.25, 0.3) is 11.8 Å². The summed E-state index contributed by atoms with van der Waals surface area (Å²) in [5.41, 5.74) is 0.548. The second-order valence-corrected chi connectivity index (χ2v) is 9.90. The fraction of sp³-hybridized carbons (Fsp3) is 0.417. The van der Waals surface area contributed by atoms with Crippen molar-refractivity contribution in [2.24, 2.45) is 0 Å². The van der Waals surface area contributed by atoms with Crippen molar-refractivity contribution >= 4 is 35.2 Å². The van der Waals surface area contributed by atoms with Gasteiger partial charge in [0.1, 0.15) is 17.4 Å². The molecule has 2 atom stereocenters. The molecule has 2 rings (SSSR count). The van der Waals surface area contributed by atoms with Gasteiger partial charge < -0.3 is 30.5 Å². The SMILES string of the molecule is COC(=O)[C@H](CNC(=O)OC(C)(C)C)NC(=O)c1sc(C(=O)NC(C)c2cccc(O)c2)cc1C. The van der Waals surface area contributed by atoms with E-state index in [4.69, 9.17) is 9.47 Å². The van der Waals surface area contributed by atoms with Gasteiger partial charge in [0.15, 0.2) is 0 Å². The van der Waals surface area contributed by atoms with Gasteiger partial charge >= 0.3 is 12.1 Å². The lowest BCUT2D eigenvalue weighted by Gasteiger charge is -2.21. The van der Waals surface area contributed by atoms with E-state index >= 15 is 0 Å². The maximum absolute atomic E-state index is 12.9. The number of aryl methyl sites for hydroxylation is 1. The first-order chi connectivity index (χ1) is 16.3. The number of nitrogens with one attached hydrogen (secondary N) is 3. The van der Waals surface area contributed by atoms with Crippen molar-refractivity contribution in [2.75, 3.05) is 13.7 Å². The van der Waals surface area contributed by atoms with Gasteiger partial charge in [-0.25, -0.2) is 9.59 Å². The van der Waals surface area contributed by atoms with Gasteiger partial charge in [-0.05, 0) is 63.9 Å². The Hall–Kier alpha value is -3.60. The van der Waals surface area contributed by atoms with Crippen LogP contribution in [0.15, 0.2) is 30.3 Å². The van der Waals surface area contributed by atoms with Crippen LogP contribution in [0.5, 0.6) is 5.75 Å². The van der Waals surface area contributed by atoms with Crippen LogP contribution in [0.2, 0.25) is 0 Å². The highest BCUT2D eigenvalue weighted by atomic mass is 32.1. The molecule has 11 heteroatoms. The van der Waals surface area contributed by atoms with Gasteiger partial charge in [-0.1, -0.05) is 12.1 Å². The first kappa shape index (κ1) is 27.6. The molecule has 0 saturated carbocycles. The monoisotopic (exact) mass is 505 g/mol. The standard InChI is InChI=1S/C24H31N3O7S/c1-13-10-18(20(29)26-14(2)15-8-7-9-16(28)11-15)35-19(13)21(30)27-17(22(31)33-6)12-25-23(32)34-24(3,4)5/h7-11,14,17,28H,12H2,1-6H3,(H,25,32)(H,26,29)(H,27,30)/t14?,17-/m0/s1. The van der Waals surface area contributed by atoms with E-state index < -0.39 is 29.6 Å². The number of aromatic hydroxyl groups is 1. The lowest BCUT2D eigenvalue weighted by molar-refractivity contribution is -0.142. The lowest BCUT2D eigenvalue weighted by atomic mass is 10.1. The van der Waals surface area contributed by atoms with Crippen molar-refractivity contribution in [3.05, 3.63) is 51.2 Å². The number of methoxy groups -OCH3 is 1. The zero-order valence-corrected chi connectivity index (χ0v) is 21.4.